The van der Waals surface area contributed by atoms with E-state index >= 15 is 0 Å². The molecule has 0 radical (unpaired) electrons. The van der Waals surface area contributed by atoms with Gasteiger partial charge >= 0.3 is 0 Å². The van der Waals surface area contributed by atoms with E-state index in [-0.39, 0.29) is 0 Å². The average Bonchev–Trinajstić information content (AvgIpc) is 3.02. The number of aromatic nitrogens is 1. The molecule has 2 atom stereocenters. The number of pyridine rings is 1. The lowest BCUT2D eigenvalue weighted by molar-refractivity contribution is 0.441. The monoisotopic (exact) mass is 375 g/mol. The molecule has 2 aromatic heterocycles. The molecule has 0 saturated carbocycles. The van der Waals surface area contributed by atoms with E-state index in [1.54, 1.807) is 16.0 Å². The summed E-state index contributed by atoms with van der Waals surface area (Å²) in [6.45, 7) is 6.97. The fourth-order valence-electron chi connectivity index (χ4n) is 5.18. The summed E-state index contributed by atoms with van der Waals surface area (Å²) in [5, 5.41) is 1.50. The first-order valence-corrected chi connectivity index (χ1v) is 11.5. The molecule has 0 amide bonds. The van der Waals surface area contributed by atoms with Crippen LogP contribution >= 0.6 is 11.3 Å². The van der Waals surface area contributed by atoms with Crippen LogP contribution < -0.4 is 0 Å². The smallest absolute Gasteiger partial charge is 0.124 e. The van der Waals surface area contributed by atoms with Crippen molar-refractivity contribution >= 4 is 21.6 Å². The van der Waals surface area contributed by atoms with Crippen LogP contribution in [0.3, 0.4) is 0 Å². The lowest BCUT2D eigenvalue weighted by Crippen LogP contribution is -2.16. The van der Waals surface area contributed by atoms with Gasteiger partial charge in [0.1, 0.15) is 4.83 Å². The molecule has 2 unspecified atom stereocenters. The van der Waals surface area contributed by atoms with Gasteiger partial charge in [0.25, 0.3) is 0 Å². The highest BCUT2D eigenvalue weighted by Gasteiger charge is 2.29. The molecule has 1 aromatic carbocycles. The highest BCUT2D eigenvalue weighted by molar-refractivity contribution is 7.19. The number of benzene rings is 1. The molecule has 2 heteroatoms. The van der Waals surface area contributed by atoms with Crippen molar-refractivity contribution in [2.24, 2.45) is 11.8 Å². The van der Waals surface area contributed by atoms with Gasteiger partial charge in [0.15, 0.2) is 0 Å². The lowest BCUT2D eigenvalue weighted by atomic mass is 9.79. The minimum atomic E-state index is 0.812. The average molecular weight is 376 g/mol. The van der Waals surface area contributed by atoms with Crippen LogP contribution in [0.2, 0.25) is 0 Å². The first kappa shape index (κ1) is 17.4. The van der Waals surface area contributed by atoms with Gasteiger partial charge in [-0.1, -0.05) is 50.1 Å². The van der Waals surface area contributed by atoms with Crippen LogP contribution in [0.15, 0.2) is 24.3 Å². The molecular formula is C25H29NS. The van der Waals surface area contributed by atoms with Crippen LogP contribution in [-0.4, -0.2) is 4.98 Å². The van der Waals surface area contributed by atoms with Crippen LogP contribution in [0.1, 0.15) is 60.4 Å². The van der Waals surface area contributed by atoms with E-state index < -0.39 is 0 Å². The maximum absolute atomic E-state index is 5.24. The van der Waals surface area contributed by atoms with Crippen LogP contribution in [-0.2, 0) is 25.7 Å². The van der Waals surface area contributed by atoms with Gasteiger partial charge in [-0.3, -0.25) is 0 Å². The molecule has 2 aliphatic rings. The summed E-state index contributed by atoms with van der Waals surface area (Å²) in [5.74, 6) is 1.63. The predicted octanol–water partition coefficient (Wildman–Crippen LogP) is 6.91. The fourth-order valence-corrected chi connectivity index (χ4v) is 6.60. The zero-order valence-electron chi connectivity index (χ0n) is 16.8. The molecule has 2 heterocycles. The topological polar surface area (TPSA) is 12.9 Å². The quantitative estimate of drug-likeness (QED) is 0.474. The van der Waals surface area contributed by atoms with Crippen molar-refractivity contribution in [2.75, 3.05) is 0 Å². The molecule has 0 N–H and O–H groups in total. The third kappa shape index (κ3) is 2.93. The van der Waals surface area contributed by atoms with Crippen LogP contribution in [0, 0.1) is 18.8 Å². The van der Waals surface area contributed by atoms with Crippen molar-refractivity contribution in [1.29, 1.82) is 0 Å². The van der Waals surface area contributed by atoms with Crippen LogP contribution in [0.4, 0.5) is 0 Å². The standard InChI is InChI=1S/C25H29NS/c1-4-17-9-11-21-20(14-17)23(18-7-5-6-15(2)12-18)24-19-10-8-16(3)13-22(19)27-25(24)26-21/h5-7,12,16-17H,4,8-11,13-14H2,1-3H3. The van der Waals surface area contributed by atoms with Crippen molar-refractivity contribution in [3.8, 4) is 11.1 Å². The first-order valence-electron chi connectivity index (χ1n) is 10.7. The second kappa shape index (κ2) is 6.74. The molecule has 1 nitrogen and oxygen atoms in total. The van der Waals surface area contributed by atoms with Gasteiger partial charge in [-0.05, 0) is 79.5 Å². The second-order valence-electron chi connectivity index (χ2n) is 8.83. The van der Waals surface area contributed by atoms with Crippen LogP contribution in [0.25, 0.3) is 21.3 Å². The van der Waals surface area contributed by atoms with Crippen molar-refractivity contribution in [3.05, 3.63) is 51.5 Å². The van der Waals surface area contributed by atoms with E-state index in [9.17, 15) is 0 Å². The van der Waals surface area contributed by atoms with Gasteiger partial charge in [0.2, 0.25) is 0 Å². The Labute approximate surface area is 166 Å². The predicted molar refractivity (Wildman–Crippen MR) is 117 cm³/mol. The maximum Gasteiger partial charge on any atom is 0.124 e. The number of nitrogens with zero attached hydrogens (tertiary/aromatic N) is 1. The van der Waals surface area contributed by atoms with Crippen molar-refractivity contribution in [1.82, 2.24) is 4.98 Å². The number of aryl methyl sites for hydroxylation is 3. The third-order valence-electron chi connectivity index (χ3n) is 6.80. The van der Waals surface area contributed by atoms with E-state index in [2.05, 4.69) is 45.0 Å². The Kier molecular flexibility index (Phi) is 4.35. The molecule has 0 aliphatic heterocycles. The Morgan fingerprint density at radius 2 is 2.00 bits per heavy atom. The van der Waals surface area contributed by atoms with E-state index in [1.165, 1.54) is 71.1 Å². The fraction of sp³-hybridized carbons (Fsp3) is 0.480. The van der Waals surface area contributed by atoms with Crippen molar-refractivity contribution < 1.29 is 0 Å². The summed E-state index contributed by atoms with van der Waals surface area (Å²) in [4.78, 5) is 8.16. The second-order valence-corrected chi connectivity index (χ2v) is 9.91. The highest BCUT2D eigenvalue weighted by Crippen LogP contribution is 2.46. The molecule has 27 heavy (non-hydrogen) atoms. The Morgan fingerprint density at radius 1 is 1.11 bits per heavy atom. The molecular weight excluding hydrogens is 346 g/mol. The van der Waals surface area contributed by atoms with Gasteiger partial charge in [-0.25, -0.2) is 4.98 Å². The van der Waals surface area contributed by atoms with E-state index in [1.807, 2.05) is 11.3 Å². The summed E-state index contributed by atoms with van der Waals surface area (Å²) in [5.41, 5.74) is 8.87. The minimum absolute atomic E-state index is 0.812. The van der Waals surface area contributed by atoms with Gasteiger partial charge in [0, 0.05) is 16.0 Å². The number of hydrogen-bond acceptors (Lipinski definition) is 2. The Balaban J connectivity index is 1.82. The van der Waals surface area contributed by atoms with Gasteiger partial charge in [-0.15, -0.1) is 11.3 Å². The first-order chi connectivity index (χ1) is 13.1. The number of fused-ring (bicyclic) bond motifs is 4. The molecule has 3 aromatic rings. The largest absolute Gasteiger partial charge is 0.242 e. The molecule has 2 aliphatic carbocycles. The maximum atomic E-state index is 5.24. The molecule has 5 rings (SSSR count). The van der Waals surface area contributed by atoms with Crippen molar-refractivity contribution in [2.45, 2.75) is 65.7 Å². The zero-order chi connectivity index (χ0) is 18.5. The number of rotatable bonds is 2. The van der Waals surface area contributed by atoms with E-state index in [0.717, 1.165) is 18.3 Å². The molecule has 0 spiro atoms. The molecule has 0 saturated heterocycles. The number of thiophene rings is 1. The summed E-state index contributed by atoms with van der Waals surface area (Å²) < 4.78 is 0. The summed E-state index contributed by atoms with van der Waals surface area (Å²) in [7, 11) is 0. The highest BCUT2D eigenvalue weighted by atomic mass is 32.1. The summed E-state index contributed by atoms with van der Waals surface area (Å²) in [6.07, 6.45) is 8.74. The van der Waals surface area contributed by atoms with Gasteiger partial charge < -0.3 is 0 Å². The van der Waals surface area contributed by atoms with E-state index in [4.69, 9.17) is 4.98 Å². The normalized spacial score (nSPS) is 21.9. The molecule has 0 bridgehead atoms. The lowest BCUT2D eigenvalue weighted by Gasteiger charge is -2.26. The van der Waals surface area contributed by atoms with Gasteiger partial charge in [-0.2, -0.15) is 0 Å². The Morgan fingerprint density at radius 3 is 2.81 bits per heavy atom. The Bertz CT molecular complexity index is 1010. The van der Waals surface area contributed by atoms with Gasteiger partial charge in [0.05, 0.1) is 0 Å². The minimum Gasteiger partial charge on any atom is -0.242 e. The third-order valence-corrected chi connectivity index (χ3v) is 7.94. The zero-order valence-corrected chi connectivity index (χ0v) is 17.6. The SMILES string of the molecule is CCC1CCc2nc3sc4c(c3c(-c3cccc(C)c3)c2C1)CCC(C)C4. The number of hydrogen-bond donors (Lipinski definition) is 0. The molecule has 140 valence electrons. The van der Waals surface area contributed by atoms with Crippen molar-refractivity contribution in [3.63, 3.8) is 0 Å². The summed E-state index contributed by atoms with van der Waals surface area (Å²) in [6, 6.07) is 9.16. The van der Waals surface area contributed by atoms with Crippen LogP contribution in [0.5, 0.6) is 0 Å². The molecule has 0 fully saturated rings. The Hall–Kier alpha value is -1.67. The van der Waals surface area contributed by atoms with E-state index in [0.29, 0.717) is 0 Å². The summed E-state index contributed by atoms with van der Waals surface area (Å²) >= 11 is 1.98.